The Hall–Kier alpha value is -2.18. The summed E-state index contributed by atoms with van der Waals surface area (Å²) in [5, 5.41) is 7.95. The quantitative estimate of drug-likeness (QED) is 0.772. The Bertz CT molecular complexity index is 589. The monoisotopic (exact) mass is 339 g/mol. The zero-order chi connectivity index (χ0) is 17.5. The maximum absolute atomic E-state index is 13.2. The first-order chi connectivity index (χ1) is 11.5. The molecule has 1 aromatic rings. The van der Waals surface area contributed by atoms with Crippen LogP contribution in [0.15, 0.2) is 18.2 Å². The summed E-state index contributed by atoms with van der Waals surface area (Å²) in [5.74, 6) is -2.12. The first-order valence-corrected chi connectivity index (χ1v) is 8.24. The highest BCUT2D eigenvalue weighted by atomic mass is 19.2. The van der Waals surface area contributed by atoms with E-state index in [4.69, 9.17) is 0 Å². The normalized spacial score (nSPS) is 16.3. The van der Waals surface area contributed by atoms with Gasteiger partial charge in [0.05, 0.1) is 12.6 Å². The van der Waals surface area contributed by atoms with Crippen LogP contribution in [0.2, 0.25) is 0 Å². The number of urea groups is 1. The fourth-order valence-electron chi connectivity index (χ4n) is 2.80. The van der Waals surface area contributed by atoms with Gasteiger partial charge in [-0.05, 0) is 37.5 Å². The number of carbonyl (C=O) groups excluding carboxylic acids is 2. The number of nitrogens with one attached hydrogen (secondary N) is 3. The summed E-state index contributed by atoms with van der Waals surface area (Å²) in [6.45, 7) is 1.53. The van der Waals surface area contributed by atoms with Gasteiger partial charge >= 0.3 is 6.03 Å². The van der Waals surface area contributed by atoms with Crippen LogP contribution in [0.5, 0.6) is 0 Å². The van der Waals surface area contributed by atoms with Crippen LogP contribution in [0.1, 0.15) is 50.6 Å². The maximum Gasteiger partial charge on any atom is 0.315 e. The Labute approximate surface area is 140 Å². The van der Waals surface area contributed by atoms with Gasteiger partial charge in [0, 0.05) is 6.04 Å². The summed E-state index contributed by atoms with van der Waals surface area (Å²) < 4.78 is 26.1. The number of benzene rings is 1. The van der Waals surface area contributed by atoms with Gasteiger partial charge < -0.3 is 16.0 Å². The van der Waals surface area contributed by atoms with Crippen LogP contribution >= 0.6 is 0 Å². The molecule has 3 amide bonds. The van der Waals surface area contributed by atoms with Crippen LogP contribution in [0.3, 0.4) is 0 Å². The zero-order valence-electron chi connectivity index (χ0n) is 13.7. The lowest BCUT2D eigenvalue weighted by molar-refractivity contribution is -0.121. The molecule has 132 valence electrons. The van der Waals surface area contributed by atoms with Gasteiger partial charge in [0.25, 0.3) is 0 Å². The highest BCUT2D eigenvalue weighted by Gasteiger charge is 2.16. The molecule has 0 aliphatic heterocycles. The molecule has 1 saturated carbocycles. The summed E-state index contributed by atoms with van der Waals surface area (Å²) in [6.07, 6.45) is 5.39. The van der Waals surface area contributed by atoms with Crippen molar-refractivity contribution < 1.29 is 18.4 Å². The highest BCUT2D eigenvalue weighted by molar-refractivity contribution is 5.84. The standard InChI is InChI=1S/C17H23F2N3O2/c1-11(12-7-8-14(18)15(19)9-12)21-17(24)20-10-16(23)22-13-5-3-2-4-6-13/h7-9,11,13H,2-6,10H2,1H3,(H,22,23)(H2,20,21,24)/t11-/m1/s1. The zero-order valence-corrected chi connectivity index (χ0v) is 13.7. The van der Waals surface area contributed by atoms with E-state index in [1.807, 2.05) is 0 Å². The lowest BCUT2D eigenvalue weighted by atomic mass is 9.95. The van der Waals surface area contributed by atoms with Crippen LogP contribution in [0.4, 0.5) is 13.6 Å². The molecule has 1 aromatic carbocycles. The Morgan fingerprint density at radius 2 is 1.88 bits per heavy atom. The third-order valence-electron chi connectivity index (χ3n) is 4.17. The summed E-state index contributed by atoms with van der Waals surface area (Å²) in [4.78, 5) is 23.6. The van der Waals surface area contributed by atoms with Crippen molar-refractivity contribution in [2.45, 2.75) is 51.1 Å². The van der Waals surface area contributed by atoms with Gasteiger partial charge in [-0.25, -0.2) is 13.6 Å². The minimum Gasteiger partial charge on any atom is -0.352 e. The van der Waals surface area contributed by atoms with Crippen molar-refractivity contribution in [3.8, 4) is 0 Å². The van der Waals surface area contributed by atoms with Crippen LogP contribution in [0, 0.1) is 11.6 Å². The lowest BCUT2D eigenvalue weighted by Gasteiger charge is -2.23. The Morgan fingerprint density at radius 1 is 1.17 bits per heavy atom. The molecule has 7 heteroatoms. The Kier molecular flexibility index (Phi) is 6.52. The Morgan fingerprint density at radius 3 is 2.54 bits per heavy atom. The van der Waals surface area contributed by atoms with Crippen molar-refractivity contribution in [1.29, 1.82) is 0 Å². The van der Waals surface area contributed by atoms with Crippen LogP contribution in [-0.4, -0.2) is 24.5 Å². The van der Waals surface area contributed by atoms with Crippen molar-refractivity contribution in [1.82, 2.24) is 16.0 Å². The van der Waals surface area contributed by atoms with E-state index in [0.29, 0.717) is 5.56 Å². The first kappa shape index (κ1) is 18.2. The Balaban J connectivity index is 1.73. The van der Waals surface area contributed by atoms with E-state index < -0.39 is 23.7 Å². The predicted molar refractivity (Wildman–Crippen MR) is 86.3 cm³/mol. The summed E-state index contributed by atoms with van der Waals surface area (Å²) in [7, 11) is 0. The van der Waals surface area contributed by atoms with Crippen molar-refractivity contribution in [3.63, 3.8) is 0 Å². The molecular weight excluding hydrogens is 316 g/mol. The first-order valence-electron chi connectivity index (χ1n) is 8.24. The molecule has 0 saturated heterocycles. The minimum absolute atomic E-state index is 0.118. The largest absolute Gasteiger partial charge is 0.352 e. The van der Waals surface area contributed by atoms with Gasteiger partial charge in [0.1, 0.15) is 0 Å². The van der Waals surface area contributed by atoms with E-state index in [2.05, 4.69) is 16.0 Å². The molecule has 5 nitrogen and oxygen atoms in total. The number of halogens is 2. The summed E-state index contributed by atoms with van der Waals surface area (Å²) in [6, 6.07) is 2.60. The summed E-state index contributed by atoms with van der Waals surface area (Å²) >= 11 is 0. The van der Waals surface area contributed by atoms with Gasteiger partial charge in [-0.2, -0.15) is 0 Å². The SMILES string of the molecule is C[C@@H](NC(=O)NCC(=O)NC1CCCCC1)c1ccc(F)c(F)c1. The highest BCUT2D eigenvalue weighted by Crippen LogP contribution is 2.17. The van der Waals surface area contributed by atoms with Crippen LogP contribution in [-0.2, 0) is 4.79 Å². The van der Waals surface area contributed by atoms with Gasteiger partial charge in [0.2, 0.25) is 5.91 Å². The molecule has 0 heterocycles. The number of amides is 3. The molecule has 2 rings (SSSR count). The van der Waals surface area contributed by atoms with Crippen molar-refractivity contribution >= 4 is 11.9 Å². The van der Waals surface area contributed by atoms with E-state index in [-0.39, 0.29) is 18.5 Å². The fourth-order valence-corrected chi connectivity index (χ4v) is 2.80. The van der Waals surface area contributed by atoms with Crippen molar-refractivity contribution in [3.05, 3.63) is 35.4 Å². The average molecular weight is 339 g/mol. The van der Waals surface area contributed by atoms with E-state index >= 15 is 0 Å². The molecule has 1 fully saturated rings. The second-order valence-electron chi connectivity index (χ2n) is 6.12. The van der Waals surface area contributed by atoms with Crippen molar-refractivity contribution in [2.75, 3.05) is 6.54 Å². The molecule has 1 aliphatic carbocycles. The third kappa shape index (κ3) is 5.47. The molecule has 3 N–H and O–H groups in total. The van der Waals surface area contributed by atoms with Crippen molar-refractivity contribution in [2.24, 2.45) is 0 Å². The molecule has 1 aliphatic rings. The lowest BCUT2D eigenvalue weighted by Crippen LogP contribution is -2.45. The van der Waals surface area contributed by atoms with Gasteiger partial charge in [-0.3, -0.25) is 4.79 Å². The second-order valence-corrected chi connectivity index (χ2v) is 6.12. The molecule has 0 spiro atoms. The smallest absolute Gasteiger partial charge is 0.315 e. The van der Waals surface area contributed by atoms with Crippen LogP contribution < -0.4 is 16.0 Å². The fraction of sp³-hybridized carbons (Fsp3) is 0.529. The topological polar surface area (TPSA) is 70.2 Å². The van der Waals surface area contributed by atoms with E-state index in [0.717, 1.165) is 37.8 Å². The third-order valence-corrected chi connectivity index (χ3v) is 4.17. The van der Waals surface area contributed by atoms with Gasteiger partial charge in [-0.1, -0.05) is 25.3 Å². The minimum atomic E-state index is -0.964. The molecule has 0 aromatic heterocycles. The van der Waals surface area contributed by atoms with Gasteiger partial charge in [0.15, 0.2) is 11.6 Å². The van der Waals surface area contributed by atoms with E-state index in [9.17, 15) is 18.4 Å². The van der Waals surface area contributed by atoms with Crippen LogP contribution in [0.25, 0.3) is 0 Å². The molecular formula is C17H23F2N3O2. The molecule has 1 atom stereocenters. The number of carbonyl (C=O) groups is 2. The van der Waals surface area contributed by atoms with E-state index in [1.54, 1.807) is 6.92 Å². The number of hydrogen-bond acceptors (Lipinski definition) is 2. The molecule has 0 unspecified atom stereocenters. The number of rotatable bonds is 5. The molecule has 0 radical (unpaired) electrons. The summed E-state index contributed by atoms with van der Waals surface area (Å²) in [5.41, 5.74) is 0.440. The maximum atomic E-state index is 13.2. The molecule has 0 bridgehead atoms. The van der Waals surface area contributed by atoms with E-state index in [1.165, 1.54) is 12.5 Å². The van der Waals surface area contributed by atoms with Gasteiger partial charge in [-0.15, -0.1) is 0 Å². The number of hydrogen-bond donors (Lipinski definition) is 3. The second kappa shape index (κ2) is 8.61. The molecule has 24 heavy (non-hydrogen) atoms. The average Bonchev–Trinajstić information content (AvgIpc) is 2.56. The predicted octanol–water partition coefficient (Wildman–Crippen LogP) is 2.77.